The van der Waals surface area contributed by atoms with Gasteiger partial charge in [0, 0.05) is 12.6 Å². The number of nitrogens with zero attached hydrogens (tertiary/aromatic N) is 3. The van der Waals surface area contributed by atoms with Gasteiger partial charge in [-0.15, -0.1) is 0 Å². The third-order valence-corrected chi connectivity index (χ3v) is 2.46. The molecule has 0 fully saturated rings. The normalized spacial score (nSPS) is 10.3. The van der Waals surface area contributed by atoms with Crippen LogP contribution in [0, 0.1) is 11.3 Å². The van der Waals surface area contributed by atoms with E-state index in [4.69, 9.17) is 10.00 Å². The number of rotatable bonds is 3. The zero-order chi connectivity index (χ0) is 11.5. The molecule has 0 bridgehead atoms. The van der Waals surface area contributed by atoms with Gasteiger partial charge in [-0.05, 0) is 19.9 Å². The number of aromatic nitrogens is 2. The van der Waals surface area contributed by atoms with Crippen molar-refractivity contribution in [3.05, 3.63) is 24.0 Å². The summed E-state index contributed by atoms with van der Waals surface area (Å²) >= 11 is 0. The van der Waals surface area contributed by atoms with Crippen LogP contribution in [0.4, 0.5) is 0 Å². The van der Waals surface area contributed by atoms with E-state index in [-0.39, 0.29) is 0 Å². The molecular formula is C12H13N3O. The second-order valence-corrected chi connectivity index (χ2v) is 3.42. The number of fused-ring (bicyclic) bond motifs is 1. The lowest BCUT2D eigenvalue weighted by atomic mass is 10.2. The van der Waals surface area contributed by atoms with E-state index in [1.807, 2.05) is 24.5 Å². The summed E-state index contributed by atoms with van der Waals surface area (Å²) in [7, 11) is 0. The molecule has 0 saturated carbocycles. The molecular weight excluding hydrogens is 202 g/mol. The van der Waals surface area contributed by atoms with Crippen molar-refractivity contribution in [2.45, 2.75) is 20.4 Å². The smallest absolute Gasteiger partial charge is 0.148 e. The molecule has 82 valence electrons. The maximum Gasteiger partial charge on any atom is 0.148 e. The summed E-state index contributed by atoms with van der Waals surface area (Å²) < 4.78 is 7.49. The maximum absolute atomic E-state index is 8.96. The first-order valence-electron chi connectivity index (χ1n) is 5.32. The van der Waals surface area contributed by atoms with Crippen molar-refractivity contribution < 1.29 is 4.74 Å². The minimum Gasteiger partial charge on any atom is -0.491 e. The number of hydrogen-bond acceptors (Lipinski definition) is 3. The summed E-state index contributed by atoms with van der Waals surface area (Å²) in [6.07, 6.45) is 1.77. The molecule has 4 nitrogen and oxygen atoms in total. The zero-order valence-electron chi connectivity index (χ0n) is 9.40. The van der Waals surface area contributed by atoms with Gasteiger partial charge in [0.2, 0.25) is 0 Å². The number of benzene rings is 1. The van der Waals surface area contributed by atoms with E-state index in [0.717, 1.165) is 17.6 Å². The van der Waals surface area contributed by atoms with E-state index < -0.39 is 0 Å². The Morgan fingerprint density at radius 1 is 1.44 bits per heavy atom. The Labute approximate surface area is 94.1 Å². The fraction of sp³-hybridized carbons (Fsp3) is 0.333. The Hall–Kier alpha value is -2.02. The van der Waals surface area contributed by atoms with Gasteiger partial charge in [0.25, 0.3) is 0 Å². The highest BCUT2D eigenvalue weighted by atomic mass is 16.5. The third kappa shape index (κ3) is 1.61. The van der Waals surface area contributed by atoms with Crippen molar-refractivity contribution in [1.82, 2.24) is 9.55 Å². The molecule has 2 aromatic rings. The molecule has 0 radical (unpaired) electrons. The highest BCUT2D eigenvalue weighted by Gasteiger charge is 2.09. The molecule has 0 N–H and O–H groups in total. The first-order chi connectivity index (χ1) is 7.80. The van der Waals surface area contributed by atoms with Gasteiger partial charge in [-0.3, -0.25) is 0 Å². The standard InChI is InChI=1S/C12H13N3O/c1-3-15-8-14-12-10(15)5-9(7-13)6-11(12)16-4-2/h5-6,8H,3-4H2,1-2H3. The van der Waals surface area contributed by atoms with E-state index in [2.05, 4.69) is 11.1 Å². The van der Waals surface area contributed by atoms with Gasteiger partial charge in [0.1, 0.15) is 11.3 Å². The van der Waals surface area contributed by atoms with Gasteiger partial charge >= 0.3 is 0 Å². The van der Waals surface area contributed by atoms with Gasteiger partial charge in [-0.1, -0.05) is 0 Å². The lowest BCUT2D eigenvalue weighted by Crippen LogP contribution is -1.95. The first kappa shape index (κ1) is 10.5. The van der Waals surface area contributed by atoms with E-state index in [9.17, 15) is 0 Å². The van der Waals surface area contributed by atoms with E-state index >= 15 is 0 Å². The lowest BCUT2D eigenvalue weighted by molar-refractivity contribution is 0.343. The average molecular weight is 215 g/mol. The molecule has 2 rings (SSSR count). The third-order valence-electron chi connectivity index (χ3n) is 2.46. The van der Waals surface area contributed by atoms with Gasteiger partial charge in [0.15, 0.2) is 0 Å². The predicted molar refractivity (Wildman–Crippen MR) is 61.3 cm³/mol. The topological polar surface area (TPSA) is 50.8 Å². The van der Waals surface area contributed by atoms with E-state index in [1.54, 1.807) is 12.4 Å². The fourth-order valence-electron chi connectivity index (χ4n) is 1.71. The Morgan fingerprint density at radius 2 is 2.25 bits per heavy atom. The van der Waals surface area contributed by atoms with Crippen LogP contribution < -0.4 is 4.74 Å². The zero-order valence-corrected chi connectivity index (χ0v) is 9.40. The molecule has 1 aromatic heterocycles. The van der Waals surface area contributed by atoms with Crippen LogP contribution in [-0.4, -0.2) is 16.2 Å². The molecule has 16 heavy (non-hydrogen) atoms. The summed E-state index contributed by atoms with van der Waals surface area (Å²) in [6.45, 7) is 5.36. The molecule has 0 atom stereocenters. The van der Waals surface area contributed by atoms with Crippen LogP contribution in [0.5, 0.6) is 5.75 Å². The second kappa shape index (κ2) is 4.23. The van der Waals surface area contributed by atoms with E-state index in [0.29, 0.717) is 17.9 Å². The van der Waals surface area contributed by atoms with Crippen LogP contribution in [0.2, 0.25) is 0 Å². The van der Waals surface area contributed by atoms with Crippen molar-refractivity contribution >= 4 is 11.0 Å². The van der Waals surface area contributed by atoms with Crippen molar-refractivity contribution in [3.8, 4) is 11.8 Å². The summed E-state index contributed by atoms with van der Waals surface area (Å²) in [5.41, 5.74) is 2.37. The van der Waals surface area contributed by atoms with Crippen LogP contribution in [0.1, 0.15) is 19.4 Å². The fourth-order valence-corrected chi connectivity index (χ4v) is 1.71. The van der Waals surface area contributed by atoms with Crippen LogP contribution in [-0.2, 0) is 6.54 Å². The minimum absolute atomic E-state index is 0.572. The number of hydrogen-bond donors (Lipinski definition) is 0. The Bertz CT molecular complexity index is 551. The molecule has 0 aliphatic carbocycles. The number of imidazole rings is 1. The van der Waals surface area contributed by atoms with Crippen LogP contribution in [0.15, 0.2) is 18.5 Å². The molecule has 4 heteroatoms. The van der Waals surface area contributed by atoms with E-state index in [1.165, 1.54) is 0 Å². The second-order valence-electron chi connectivity index (χ2n) is 3.42. The number of ether oxygens (including phenoxy) is 1. The molecule has 0 aliphatic rings. The van der Waals surface area contributed by atoms with Crippen molar-refractivity contribution in [2.24, 2.45) is 0 Å². The summed E-state index contributed by atoms with van der Waals surface area (Å²) in [4.78, 5) is 4.31. The van der Waals surface area contributed by atoms with Crippen molar-refractivity contribution in [2.75, 3.05) is 6.61 Å². The highest BCUT2D eigenvalue weighted by Crippen LogP contribution is 2.26. The summed E-state index contributed by atoms with van der Waals surface area (Å²) in [5, 5.41) is 8.96. The maximum atomic E-state index is 8.96. The summed E-state index contributed by atoms with van der Waals surface area (Å²) in [5.74, 6) is 0.684. The number of aryl methyl sites for hydroxylation is 1. The quantitative estimate of drug-likeness (QED) is 0.789. The van der Waals surface area contributed by atoms with Gasteiger partial charge in [-0.25, -0.2) is 4.98 Å². The Balaban J connectivity index is 2.69. The van der Waals surface area contributed by atoms with Crippen LogP contribution >= 0.6 is 0 Å². The number of nitriles is 1. The van der Waals surface area contributed by atoms with Crippen molar-refractivity contribution in [3.63, 3.8) is 0 Å². The molecule has 0 spiro atoms. The average Bonchev–Trinajstić information content (AvgIpc) is 2.72. The molecule has 0 saturated heterocycles. The van der Waals surface area contributed by atoms with Gasteiger partial charge in [0.05, 0.1) is 30.1 Å². The Morgan fingerprint density at radius 3 is 2.88 bits per heavy atom. The first-order valence-corrected chi connectivity index (χ1v) is 5.32. The highest BCUT2D eigenvalue weighted by molar-refractivity contribution is 5.83. The van der Waals surface area contributed by atoms with Gasteiger partial charge < -0.3 is 9.30 Å². The molecule has 1 aromatic carbocycles. The molecule has 0 unspecified atom stereocenters. The Kier molecular flexibility index (Phi) is 2.78. The summed E-state index contributed by atoms with van der Waals surface area (Å²) in [6, 6.07) is 5.71. The lowest BCUT2D eigenvalue weighted by Gasteiger charge is -2.05. The predicted octanol–water partition coefficient (Wildman–Crippen LogP) is 2.33. The molecule has 0 aliphatic heterocycles. The largest absolute Gasteiger partial charge is 0.491 e. The molecule has 1 heterocycles. The molecule has 0 amide bonds. The SMILES string of the molecule is CCOc1cc(C#N)cc2c1ncn2CC. The minimum atomic E-state index is 0.572. The van der Waals surface area contributed by atoms with Gasteiger partial charge in [-0.2, -0.15) is 5.26 Å². The van der Waals surface area contributed by atoms with Crippen LogP contribution in [0.25, 0.3) is 11.0 Å². The van der Waals surface area contributed by atoms with Crippen LogP contribution in [0.3, 0.4) is 0 Å². The monoisotopic (exact) mass is 215 g/mol. The van der Waals surface area contributed by atoms with Crippen molar-refractivity contribution in [1.29, 1.82) is 5.26 Å².